The van der Waals surface area contributed by atoms with Gasteiger partial charge < -0.3 is 10.5 Å². The lowest BCUT2D eigenvalue weighted by molar-refractivity contribution is 0.127. The van der Waals surface area contributed by atoms with E-state index in [0.717, 1.165) is 23.9 Å². The SMILES string of the molecule is CCCOCCC(N)Cc1cc(Br)ccc1F. The number of nitrogens with two attached hydrogens (primary N) is 1. The van der Waals surface area contributed by atoms with Crippen LogP contribution in [0.15, 0.2) is 22.7 Å². The van der Waals surface area contributed by atoms with E-state index in [-0.39, 0.29) is 11.9 Å². The molecule has 0 aliphatic rings. The highest BCUT2D eigenvalue weighted by atomic mass is 79.9. The third kappa shape index (κ3) is 5.61. The van der Waals surface area contributed by atoms with Crippen molar-refractivity contribution in [1.82, 2.24) is 0 Å². The quantitative estimate of drug-likeness (QED) is 0.785. The Hall–Kier alpha value is -0.450. The van der Waals surface area contributed by atoms with Crippen molar-refractivity contribution >= 4 is 15.9 Å². The second-order valence-electron chi connectivity index (χ2n) is 4.10. The van der Waals surface area contributed by atoms with Crippen molar-refractivity contribution in [3.63, 3.8) is 0 Å². The Bertz CT molecular complexity index is 346. The van der Waals surface area contributed by atoms with Gasteiger partial charge >= 0.3 is 0 Å². The van der Waals surface area contributed by atoms with Gasteiger partial charge in [0.1, 0.15) is 5.82 Å². The standard InChI is InChI=1S/C13H19BrFNO/c1-2-6-17-7-5-12(16)9-10-8-11(14)3-4-13(10)15/h3-4,8,12H,2,5-7,9,16H2,1H3. The highest BCUT2D eigenvalue weighted by Crippen LogP contribution is 2.17. The highest BCUT2D eigenvalue weighted by molar-refractivity contribution is 9.10. The molecule has 0 amide bonds. The number of halogens is 2. The van der Waals surface area contributed by atoms with Gasteiger partial charge in [-0.3, -0.25) is 0 Å². The molecule has 1 aromatic carbocycles. The predicted molar refractivity (Wildman–Crippen MR) is 71.5 cm³/mol. The van der Waals surface area contributed by atoms with Crippen molar-refractivity contribution in [3.8, 4) is 0 Å². The lowest BCUT2D eigenvalue weighted by Crippen LogP contribution is -2.25. The normalized spacial score (nSPS) is 12.7. The minimum absolute atomic E-state index is 0.0596. The maximum absolute atomic E-state index is 13.5. The molecule has 0 fully saturated rings. The Labute approximate surface area is 110 Å². The van der Waals surface area contributed by atoms with Crippen LogP contribution in [0.2, 0.25) is 0 Å². The van der Waals surface area contributed by atoms with Gasteiger partial charge in [-0.1, -0.05) is 22.9 Å². The van der Waals surface area contributed by atoms with Crippen LogP contribution >= 0.6 is 15.9 Å². The van der Waals surface area contributed by atoms with Crippen LogP contribution in [0.5, 0.6) is 0 Å². The van der Waals surface area contributed by atoms with Crippen molar-refractivity contribution < 1.29 is 9.13 Å². The molecule has 0 aliphatic carbocycles. The average molecular weight is 304 g/mol. The third-order valence-corrected chi connectivity index (χ3v) is 2.96. The van der Waals surface area contributed by atoms with Gasteiger partial charge in [0.05, 0.1) is 0 Å². The second-order valence-corrected chi connectivity index (χ2v) is 5.02. The zero-order valence-electron chi connectivity index (χ0n) is 10.1. The molecule has 2 nitrogen and oxygen atoms in total. The van der Waals surface area contributed by atoms with E-state index in [1.807, 2.05) is 0 Å². The predicted octanol–water partition coefficient (Wildman–Crippen LogP) is 3.27. The molecule has 4 heteroatoms. The van der Waals surface area contributed by atoms with E-state index in [1.165, 1.54) is 6.07 Å². The van der Waals surface area contributed by atoms with Crippen molar-refractivity contribution in [2.24, 2.45) is 5.73 Å². The summed E-state index contributed by atoms with van der Waals surface area (Å²) in [5.74, 6) is -0.196. The molecule has 17 heavy (non-hydrogen) atoms. The van der Waals surface area contributed by atoms with Crippen LogP contribution in [0.4, 0.5) is 4.39 Å². The van der Waals surface area contributed by atoms with Gasteiger partial charge in [0.2, 0.25) is 0 Å². The number of rotatable bonds is 7. The maximum atomic E-state index is 13.5. The highest BCUT2D eigenvalue weighted by Gasteiger charge is 2.08. The second kappa shape index (κ2) is 7.80. The molecule has 1 rings (SSSR count). The molecule has 0 saturated carbocycles. The van der Waals surface area contributed by atoms with Gasteiger partial charge in [-0.2, -0.15) is 0 Å². The zero-order chi connectivity index (χ0) is 12.7. The summed E-state index contributed by atoms with van der Waals surface area (Å²) in [6, 6.07) is 4.87. The van der Waals surface area contributed by atoms with Crippen LogP contribution in [-0.4, -0.2) is 19.3 Å². The Morgan fingerprint density at radius 2 is 2.18 bits per heavy atom. The Morgan fingerprint density at radius 1 is 1.41 bits per heavy atom. The Kier molecular flexibility index (Phi) is 6.70. The van der Waals surface area contributed by atoms with Gasteiger partial charge in [-0.25, -0.2) is 4.39 Å². The third-order valence-electron chi connectivity index (χ3n) is 2.47. The summed E-state index contributed by atoms with van der Waals surface area (Å²) >= 11 is 3.33. The summed E-state index contributed by atoms with van der Waals surface area (Å²) in [4.78, 5) is 0. The molecule has 0 aromatic heterocycles. The van der Waals surface area contributed by atoms with Crippen molar-refractivity contribution in [1.29, 1.82) is 0 Å². The van der Waals surface area contributed by atoms with Crippen molar-refractivity contribution in [2.75, 3.05) is 13.2 Å². The lowest BCUT2D eigenvalue weighted by atomic mass is 10.0. The fourth-order valence-electron chi connectivity index (χ4n) is 1.57. The first kappa shape index (κ1) is 14.6. The van der Waals surface area contributed by atoms with Gasteiger partial charge in [-0.05, 0) is 43.0 Å². The van der Waals surface area contributed by atoms with E-state index in [2.05, 4.69) is 22.9 Å². The topological polar surface area (TPSA) is 35.2 Å². The minimum Gasteiger partial charge on any atom is -0.381 e. The van der Waals surface area contributed by atoms with Crippen LogP contribution in [0.1, 0.15) is 25.3 Å². The molecule has 1 unspecified atom stereocenters. The molecular weight excluding hydrogens is 285 g/mol. The number of benzene rings is 1. The van der Waals surface area contributed by atoms with E-state index < -0.39 is 0 Å². The average Bonchev–Trinajstić information content (AvgIpc) is 2.29. The monoisotopic (exact) mass is 303 g/mol. The number of hydrogen-bond acceptors (Lipinski definition) is 2. The smallest absolute Gasteiger partial charge is 0.126 e. The van der Waals surface area contributed by atoms with E-state index >= 15 is 0 Å². The van der Waals surface area contributed by atoms with E-state index in [9.17, 15) is 4.39 Å². The van der Waals surface area contributed by atoms with E-state index in [1.54, 1.807) is 12.1 Å². The molecule has 0 aliphatic heterocycles. The van der Waals surface area contributed by atoms with Crippen LogP contribution in [0, 0.1) is 5.82 Å². The van der Waals surface area contributed by atoms with Gasteiger partial charge in [0.25, 0.3) is 0 Å². The van der Waals surface area contributed by atoms with Gasteiger partial charge in [0, 0.05) is 23.7 Å². The number of hydrogen-bond donors (Lipinski definition) is 1. The van der Waals surface area contributed by atoms with Gasteiger partial charge in [0.15, 0.2) is 0 Å². The molecule has 96 valence electrons. The van der Waals surface area contributed by atoms with E-state index in [4.69, 9.17) is 10.5 Å². The molecule has 0 bridgehead atoms. The minimum atomic E-state index is -0.196. The van der Waals surface area contributed by atoms with E-state index in [0.29, 0.717) is 18.6 Å². The molecule has 0 spiro atoms. The molecule has 2 N–H and O–H groups in total. The first-order valence-corrected chi connectivity index (χ1v) is 6.70. The zero-order valence-corrected chi connectivity index (χ0v) is 11.7. The largest absolute Gasteiger partial charge is 0.381 e. The first-order valence-electron chi connectivity index (χ1n) is 5.90. The van der Waals surface area contributed by atoms with Crippen LogP contribution in [0.25, 0.3) is 0 Å². The number of ether oxygens (including phenoxy) is 1. The summed E-state index contributed by atoms with van der Waals surface area (Å²) in [5, 5.41) is 0. The van der Waals surface area contributed by atoms with Crippen LogP contribution < -0.4 is 5.73 Å². The van der Waals surface area contributed by atoms with Crippen LogP contribution in [0.3, 0.4) is 0 Å². The lowest BCUT2D eigenvalue weighted by Gasteiger charge is -2.12. The summed E-state index contributed by atoms with van der Waals surface area (Å²) < 4.78 is 19.7. The fourth-order valence-corrected chi connectivity index (χ4v) is 1.97. The fraction of sp³-hybridized carbons (Fsp3) is 0.538. The van der Waals surface area contributed by atoms with Crippen molar-refractivity contribution in [2.45, 2.75) is 32.2 Å². The summed E-state index contributed by atoms with van der Waals surface area (Å²) in [5.41, 5.74) is 6.60. The Morgan fingerprint density at radius 3 is 2.88 bits per heavy atom. The molecule has 0 radical (unpaired) electrons. The first-order chi connectivity index (χ1) is 8.13. The van der Waals surface area contributed by atoms with Crippen LogP contribution in [-0.2, 0) is 11.2 Å². The van der Waals surface area contributed by atoms with Crippen molar-refractivity contribution in [3.05, 3.63) is 34.1 Å². The molecule has 0 saturated heterocycles. The summed E-state index contributed by atoms with van der Waals surface area (Å²) in [6.07, 6.45) is 2.31. The molecule has 1 atom stereocenters. The molecular formula is C13H19BrFNO. The maximum Gasteiger partial charge on any atom is 0.126 e. The summed E-state index contributed by atoms with van der Waals surface area (Å²) in [7, 11) is 0. The van der Waals surface area contributed by atoms with Gasteiger partial charge in [-0.15, -0.1) is 0 Å². The summed E-state index contributed by atoms with van der Waals surface area (Å²) in [6.45, 7) is 3.47. The molecule has 0 heterocycles. The Balaban J connectivity index is 2.39. The molecule has 1 aromatic rings.